The number of nitrogens with zero attached hydrogens (tertiary/aromatic N) is 1. The van der Waals surface area contributed by atoms with Crippen molar-refractivity contribution in [3.63, 3.8) is 0 Å². The van der Waals surface area contributed by atoms with Crippen molar-refractivity contribution in [2.24, 2.45) is 0 Å². The Labute approximate surface area is 146 Å². The molecule has 0 aliphatic carbocycles. The van der Waals surface area contributed by atoms with E-state index in [0.717, 1.165) is 16.8 Å². The number of methoxy groups -OCH3 is 1. The predicted molar refractivity (Wildman–Crippen MR) is 92.6 cm³/mol. The summed E-state index contributed by atoms with van der Waals surface area (Å²) in [6.07, 6.45) is 0.464. The smallest absolute Gasteiger partial charge is 0.323 e. The van der Waals surface area contributed by atoms with Crippen LogP contribution in [-0.4, -0.2) is 26.0 Å². The number of ether oxygens (including phenoxy) is 2. The molecule has 2 aromatic carbocycles. The molecule has 2 aliphatic heterocycles. The zero-order chi connectivity index (χ0) is 17.8. The zero-order valence-corrected chi connectivity index (χ0v) is 14.4. The Kier molecular flexibility index (Phi) is 3.19. The molecule has 1 saturated heterocycles. The first-order valence-corrected chi connectivity index (χ1v) is 8.28. The predicted octanol–water partition coefficient (Wildman–Crippen LogP) is 2.77. The van der Waals surface area contributed by atoms with E-state index >= 15 is 0 Å². The quantitative estimate of drug-likeness (QED) is 0.808. The summed E-state index contributed by atoms with van der Waals surface area (Å²) < 4.78 is 10.9. The van der Waals surface area contributed by atoms with E-state index in [0.29, 0.717) is 12.2 Å². The molecule has 5 heteroatoms. The summed E-state index contributed by atoms with van der Waals surface area (Å²) in [5, 5.41) is 0. The van der Waals surface area contributed by atoms with Crippen LogP contribution in [0.2, 0.25) is 0 Å². The van der Waals surface area contributed by atoms with Crippen LogP contribution in [0.1, 0.15) is 24.5 Å². The second kappa shape index (κ2) is 5.09. The summed E-state index contributed by atoms with van der Waals surface area (Å²) in [5.41, 5.74) is -0.0210. The van der Waals surface area contributed by atoms with Crippen LogP contribution in [0.4, 0.5) is 5.69 Å². The third-order valence-electron chi connectivity index (χ3n) is 5.56. The van der Waals surface area contributed by atoms with E-state index in [4.69, 9.17) is 9.47 Å². The van der Waals surface area contributed by atoms with E-state index in [1.165, 1.54) is 0 Å². The molecule has 2 aliphatic rings. The maximum absolute atomic E-state index is 13.2. The molecule has 1 amide bonds. The zero-order valence-electron chi connectivity index (χ0n) is 14.4. The highest BCUT2D eigenvalue weighted by atomic mass is 16.6. The van der Waals surface area contributed by atoms with Gasteiger partial charge in [0.2, 0.25) is 5.60 Å². The van der Waals surface area contributed by atoms with Crippen LogP contribution >= 0.6 is 0 Å². The van der Waals surface area contributed by atoms with Gasteiger partial charge in [0.05, 0.1) is 12.8 Å². The molecule has 25 heavy (non-hydrogen) atoms. The number of para-hydroxylation sites is 1. The summed E-state index contributed by atoms with van der Waals surface area (Å²) in [6, 6.07) is 14.8. The number of amides is 1. The van der Waals surface area contributed by atoms with Gasteiger partial charge in [0, 0.05) is 12.6 Å². The second-order valence-electron chi connectivity index (χ2n) is 6.44. The highest BCUT2D eigenvalue weighted by molar-refractivity contribution is 6.15. The summed E-state index contributed by atoms with van der Waals surface area (Å²) in [5.74, 6) is 0.136. The van der Waals surface area contributed by atoms with Crippen molar-refractivity contribution in [1.82, 2.24) is 0 Å². The minimum absolute atomic E-state index is 0.203. The molecule has 0 radical (unpaired) electrons. The number of carbonyl (C=O) groups is 2. The minimum atomic E-state index is -1.29. The Balaban J connectivity index is 1.96. The van der Waals surface area contributed by atoms with Crippen molar-refractivity contribution in [2.75, 3.05) is 19.1 Å². The van der Waals surface area contributed by atoms with Crippen LogP contribution in [0.3, 0.4) is 0 Å². The highest BCUT2D eigenvalue weighted by Gasteiger charge is 2.77. The lowest BCUT2D eigenvalue weighted by Crippen LogP contribution is -2.70. The molecule has 0 saturated carbocycles. The number of rotatable bonds is 3. The normalized spacial score (nSPS) is 27.1. The molecular weight excluding hydrogens is 318 g/mol. The molecule has 0 aromatic heterocycles. The molecule has 0 bridgehead atoms. The number of hydrogen-bond acceptors (Lipinski definition) is 4. The first-order valence-electron chi connectivity index (χ1n) is 8.28. The Morgan fingerprint density at radius 1 is 1.08 bits per heavy atom. The first kappa shape index (κ1) is 15.7. The number of anilines is 1. The number of hydrogen-bond donors (Lipinski definition) is 0. The van der Waals surface area contributed by atoms with Gasteiger partial charge in [-0.2, -0.15) is 0 Å². The van der Waals surface area contributed by atoms with Crippen molar-refractivity contribution in [3.8, 4) is 5.75 Å². The van der Waals surface area contributed by atoms with Crippen LogP contribution < -0.4 is 9.64 Å². The van der Waals surface area contributed by atoms with Crippen molar-refractivity contribution in [2.45, 2.75) is 24.4 Å². The van der Waals surface area contributed by atoms with Gasteiger partial charge in [0.15, 0.2) is 0 Å². The maximum atomic E-state index is 13.2. The van der Waals surface area contributed by atoms with E-state index in [9.17, 15) is 9.59 Å². The van der Waals surface area contributed by atoms with Gasteiger partial charge in [0.25, 0.3) is 5.91 Å². The Hall–Kier alpha value is -2.82. The molecular formula is C20H19NO4. The molecule has 4 rings (SSSR count). The molecule has 0 N–H and O–H groups in total. The van der Waals surface area contributed by atoms with Crippen molar-refractivity contribution >= 4 is 17.6 Å². The Morgan fingerprint density at radius 3 is 2.36 bits per heavy atom. The van der Waals surface area contributed by atoms with Crippen LogP contribution in [0.5, 0.6) is 5.75 Å². The largest absolute Gasteiger partial charge is 0.497 e. The van der Waals surface area contributed by atoms with Crippen LogP contribution in [-0.2, 0) is 25.3 Å². The molecule has 1 fully saturated rings. The van der Waals surface area contributed by atoms with Crippen molar-refractivity contribution < 1.29 is 19.1 Å². The fourth-order valence-corrected chi connectivity index (χ4v) is 4.24. The third kappa shape index (κ3) is 1.63. The average molecular weight is 337 g/mol. The summed E-state index contributed by atoms with van der Waals surface area (Å²) in [7, 11) is 3.31. The molecule has 128 valence electrons. The van der Waals surface area contributed by atoms with E-state index < -0.39 is 11.0 Å². The third-order valence-corrected chi connectivity index (χ3v) is 5.56. The molecule has 2 atom stereocenters. The average Bonchev–Trinajstić information content (AvgIpc) is 2.87. The van der Waals surface area contributed by atoms with Gasteiger partial charge in [-0.15, -0.1) is 0 Å². The SMILES string of the molecule is CC[C@]1(c2ccc(OC)cc2)C(=O)O[C@@]12C(=O)N(C)c1ccccc12. The lowest BCUT2D eigenvalue weighted by atomic mass is 9.59. The fourth-order valence-electron chi connectivity index (χ4n) is 4.24. The fraction of sp³-hybridized carbons (Fsp3) is 0.300. The van der Waals surface area contributed by atoms with Gasteiger partial charge in [-0.1, -0.05) is 37.3 Å². The molecule has 1 spiro atoms. The first-order chi connectivity index (χ1) is 12.0. The number of benzene rings is 2. The Morgan fingerprint density at radius 2 is 1.76 bits per heavy atom. The number of fused-ring (bicyclic) bond motifs is 2. The van der Waals surface area contributed by atoms with Gasteiger partial charge in [-0.3, -0.25) is 9.59 Å². The molecule has 0 unspecified atom stereocenters. The van der Waals surface area contributed by atoms with Crippen LogP contribution in [0, 0.1) is 0 Å². The van der Waals surface area contributed by atoms with Crippen LogP contribution in [0.15, 0.2) is 48.5 Å². The van der Waals surface area contributed by atoms with Crippen molar-refractivity contribution in [3.05, 3.63) is 59.7 Å². The highest BCUT2D eigenvalue weighted by Crippen LogP contribution is 2.61. The summed E-state index contributed by atoms with van der Waals surface area (Å²) >= 11 is 0. The Bertz CT molecular complexity index is 876. The summed E-state index contributed by atoms with van der Waals surface area (Å²) in [6.45, 7) is 1.92. The van der Waals surface area contributed by atoms with Crippen molar-refractivity contribution in [1.29, 1.82) is 0 Å². The van der Waals surface area contributed by atoms with E-state index in [-0.39, 0.29) is 11.9 Å². The van der Waals surface area contributed by atoms with E-state index in [2.05, 4.69) is 0 Å². The van der Waals surface area contributed by atoms with Gasteiger partial charge < -0.3 is 14.4 Å². The number of carbonyl (C=O) groups excluding carboxylic acids is 2. The lowest BCUT2D eigenvalue weighted by Gasteiger charge is -2.53. The monoisotopic (exact) mass is 337 g/mol. The molecule has 2 heterocycles. The molecule has 2 aromatic rings. The molecule has 5 nitrogen and oxygen atoms in total. The van der Waals surface area contributed by atoms with E-state index in [1.807, 2.05) is 43.3 Å². The van der Waals surface area contributed by atoms with Gasteiger partial charge in [-0.25, -0.2) is 0 Å². The standard InChI is InChI=1S/C20H19NO4/c1-4-19(13-9-11-14(24-3)12-10-13)18(23)25-20(19)15-7-5-6-8-16(15)21(2)17(20)22/h5-12H,4H2,1-3H3/t19-,20-/m0/s1. The van der Waals surface area contributed by atoms with Gasteiger partial charge >= 0.3 is 5.97 Å². The number of esters is 1. The van der Waals surface area contributed by atoms with Gasteiger partial charge in [-0.05, 0) is 30.2 Å². The lowest BCUT2D eigenvalue weighted by molar-refractivity contribution is -0.223. The van der Waals surface area contributed by atoms with Gasteiger partial charge in [0.1, 0.15) is 11.2 Å². The minimum Gasteiger partial charge on any atom is -0.497 e. The second-order valence-corrected chi connectivity index (χ2v) is 6.44. The topological polar surface area (TPSA) is 55.8 Å². The summed E-state index contributed by atoms with van der Waals surface area (Å²) in [4.78, 5) is 27.5. The van der Waals surface area contributed by atoms with Crippen LogP contribution in [0.25, 0.3) is 0 Å². The maximum Gasteiger partial charge on any atom is 0.323 e. The van der Waals surface area contributed by atoms with E-state index in [1.54, 1.807) is 31.2 Å². The number of likely N-dealkylation sites (N-methyl/N-ethyl adjacent to an activating group) is 1.